The number of nitrogens with one attached hydrogen (secondary N) is 1. The quantitative estimate of drug-likeness (QED) is 0.786. The van der Waals surface area contributed by atoms with E-state index in [0.717, 1.165) is 19.5 Å². The fraction of sp³-hybridized carbons (Fsp3) is 0.733. The Bertz CT molecular complexity index is 509. The summed E-state index contributed by atoms with van der Waals surface area (Å²) in [4.78, 5) is 14.6. The van der Waals surface area contributed by atoms with Gasteiger partial charge >= 0.3 is 0 Å². The zero-order valence-electron chi connectivity index (χ0n) is 12.9. The van der Waals surface area contributed by atoms with Gasteiger partial charge in [0, 0.05) is 13.1 Å². The lowest BCUT2D eigenvalue weighted by Crippen LogP contribution is -2.27. The Morgan fingerprint density at radius 3 is 2.76 bits per heavy atom. The van der Waals surface area contributed by atoms with E-state index in [1.54, 1.807) is 6.20 Å². The zero-order chi connectivity index (χ0) is 15.2. The van der Waals surface area contributed by atoms with Crippen LogP contribution in [0.4, 0.5) is 5.69 Å². The minimum absolute atomic E-state index is 0.213. The van der Waals surface area contributed by atoms with Crippen molar-refractivity contribution in [3.63, 3.8) is 0 Å². The maximum Gasteiger partial charge on any atom is 0.287 e. The highest BCUT2D eigenvalue weighted by atomic mass is 35.5. The van der Waals surface area contributed by atoms with Crippen LogP contribution in [0.25, 0.3) is 0 Å². The van der Waals surface area contributed by atoms with E-state index in [9.17, 15) is 4.79 Å². The average Bonchev–Trinajstić information content (AvgIpc) is 2.95. The Labute approximate surface area is 131 Å². The Morgan fingerprint density at radius 1 is 1.38 bits per heavy atom. The normalized spacial score (nSPS) is 15.8. The maximum atomic E-state index is 12.1. The summed E-state index contributed by atoms with van der Waals surface area (Å²) in [6, 6.07) is 0. The first-order valence-corrected chi connectivity index (χ1v) is 8.17. The molecule has 21 heavy (non-hydrogen) atoms. The number of nitrogens with zero attached hydrogens (tertiary/aromatic N) is 3. The molecule has 0 unspecified atom stereocenters. The molecule has 1 aliphatic heterocycles. The number of rotatable bonds is 7. The van der Waals surface area contributed by atoms with Gasteiger partial charge in [0.15, 0.2) is 0 Å². The molecular weight excluding hydrogens is 288 g/mol. The van der Waals surface area contributed by atoms with Crippen LogP contribution in [0, 0.1) is 5.92 Å². The van der Waals surface area contributed by atoms with E-state index >= 15 is 0 Å². The summed E-state index contributed by atoms with van der Waals surface area (Å²) in [7, 11) is 0. The van der Waals surface area contributed by atoms with Crippen LogP contribution in [0.5, 0.6) is 0 Å². The van der Waals surface area contributed by atoms with Gasteiger partial charge in [0.1, 0.15) is 5.02 Å². The van der Waals surface area contributed by atoms with E-state index in [4.69, 9.17) is 11.6 Å². The van der Waals surface area contributed by atoms with Gasteiger partial charge in [0.25, 0.3) is 5.56 Å². The summed E-state index contributed by atoms with van der Waals surface area (Å²) < 4.78 is 1.43. The largest absolute Gasteiger partial charge is 0.382 e. The molecule has 1 N–H and O–H groups in total. The van der Waals surface area contributed by atoms with Crippen molar-refractivity contribution in [1.82, 2.24) is 14.7 Å². The van der Waals surface area contributed by atoms with Crippen molar-refractivity contribution in [3.05, 3.63) is 21.6 Å². The van der Waals surface area contributed by atoms with Crippen molar-refractivity contribution in [2.24, 2.45) is 5.92 Å². The maximum absolute atomic E-state index is 12.1. The Kier molecular flexibility index (Phi) is 6.06. The molecule has 0 spiro atoms. The van der Waals surface area contributed by atoms with Crippen LogP contribution in [0.3, 0.4) is 0 Å². The van der Waals surface area contributed by atoms with Crippen molar-refractivity contribution < 1.29 is 0 Å². The van der Waals surface area contributed by atoms with Gasteiger partial charge in [0.2, 0.25) is 0 Å². The van der Waals surface area contributed by atoms with E-state index in [0.29, 0.717) is 18.2 Å². The highest BCUT2D eigenvalue weighted by Gasteiger charge is 2.12. The van der Waals surface area contributed by atoms with Crippen LogP contribution in [0.1, 0.15) is 33.1 Å². The molecule has 1 aromatic heterocycles. The van der Waals surface area contributed by atoms with Crippen LogP contribution in [0.15, 0.2) is 11.0 Å². The van der Waals surface area contributed by atoms with Gasteiger partial charge in [-0.2, -0.15) is 5.10 Å². The Balaban J connectivity index is 1.85. The van der Waals surface area contributed by atoms with Crippen LogP contribution in [-0.2, 0) is 6.54 Å². The molecule has 6 heteroatoms. The molecular formula is C15H25ClN4O. The molecule has 0 atom stereocenters. The molecule has 2 rings (SSSR count). The molecule has 0 radical (unpaired) electrons. The molecule has 1 aliphatic rings. The molecule has 0 aliphatic carbocycles. The van der Waals surface area contributed by atoms with E-state index < -0.39 is 0 Å². The third-order valence-corrected chi connectivity index (χ3v) is 4.05. The number of hydrogen-bond acceptors (Lipinski definition) is 4. The second-order valence-corrected chi connectivity index (χ2v) is 6.46. The van der Waals surface area contributed by atoms with Gasteiger partial charge in [-0.3, -0.25) is 4.79 Å². The third-order valence-electron chi connectivity index (χ3n) is 3.69. The number of hydrogen-bond donors (Lipinski definition) is 1. The SMILES string of the molecule is CC(C)Cn1ncc(NCCCN2CCCC2)c(Cl)c1=O. The van der Waals surface area contributed by atoms with Crippen molar-refractivity contribution in [2.45, 2.75) is 39.7 Å². The monoisotopic (exact) mass is 312 g/mol. The second kappa shape index (κ2) is 7.80. The summed E-state index contributed by atoms with van der Waals surface area (Å²) in [5, 5.41) is 7.65. The van der Waals surface area contributed by atoms with Crippen LogP contribution in [-0.4, -0.2) is 40.9 Å². The van der Waals surface area contributed by atoms with Gasteiger partial charge < -0.3 is 10.2 Å². The molecule has 0 amide bonds. The smallest absolute Gasteiger partial charge is 0.287 e. The van der Waals surface area contributed by atoms with Crippen LogP contribution >= 0.6 is 11.6 Å². The van der Waals surface area contributed by atoms with E-state index in [1.807, 2.05) is 13.8 Å². The van der Waals surface area contributed by atoms with Crippen LogP contribution in [0.2, 0.25) is 5.02 Å². The van der Waals surface area contributed by atoms with Crippen molar-refractivity contribution in [2.75, 3.05) is 31.5 Å². The molecule has 2 heterocycles. The predicted octanol–water partition coefficient (Wildman–Crippen LogP) is 2.45. The Morgan fingerprint density at radius 2 is 2.10 bits per heavy atom. The summed E-state index contributed by atoms with van der Waals surface area (Å²) in [6.07, 6.45) is 5.34. The minimum atomic E-state index is -0.213. The number of likely N-dealkylation sites (tertiary alicyclic amines) is 1. The molecule has 0 bridgehead atoms. The predicted molar refractivity (Wildman–Crippen MR) is 87.1 cm³/mol. The summed E-state index contributed by atoms with van der Waals surface area (Å²) in [5.41, 5.74) is 0.429. The highest BCUT2D eigenvalue weighted by Crippen LogP contribution is 2.15. The summed E-state index contributed by atoms with van der Waals surface area (Å²) >= 11 is 6.14. The Hall–Kier alpha value is -1.07. The molecule has 118 valence electrons. The van der Waals surface area contributed by atoms with E-state index in [-0.39, 0.29) is 10.6 Å². The van der Waals surface area contributed by atoms with Crippen molar-refractivity contribution in [1.29, 1.82) is 0 Å². The van der Waals surface area contributed by atoms with Gasteiger partial charge in [-0.1, -0.05) is 25.4 Å². The number of halogens is 1. The van der Waals surface area contributed by atoms with Crippen LogP contribution < -0.4 is 10.9 Å². The average molecular weight is 313 g/mol. The van der Waals surface area contributed by atoms with Gasteiger partial charge in [-0.05, 0) is 44.8 Å². The first kappa shape index (κ1) is 16.3. The summed E-state index contributed by atoms with van der Waals surface area (Å²) in [6.45, 7) is 9.03. The first-order chi connectivity index (χ1) is 10.1. The number of anilines is 1. The molecule has 1 fully saturated rings. The fourth-order valence-electron chi connectivity index (χ4n) is 2.60. The molecule has 5 nitrogen and oxygen atoms in total. The van der Waals surface area contributed by atoms with Gasteiger partial charge in [-0.15, -0.1) is 0 Å². The third kappa shape index (κ3) is 4.71. The molecule has 1 saturated heterocycles. The lowest BCUT2D eigenvalue weighted by molar-refractivity contribution is 0.337. The van der Waals surface area contributed by atoms with E-state index in [1.165, 1.54) is 30.6 Å². The van der Waals surface area contributed by atoms with Gasteiger partial charge in [-0.25, -0.2) is 4.68 Å². The molecule has 0 saturated carbocycles. The molecule has 0 aromatic carbocycles. The topological polar surface area (TPSA) is 50.2 Å². The van der Waals surface area contributed by atoms with E-state index in [2.05, 4.69) is 15.3 Å². The lowest BCUT2D eigenvalue weighted by atomic mass is 10.2. The highest BCUT2D eigenvalue weighted by molar-refractivity contribution is 6.32. The number of aromatic nitrogens is 2. The zero-order valence-corrected chi connectivity index (χ0v) is 13.7. The lowest BCUT2D eigenvalue weighted by Gasteiger charge is -2.15. The van der Waals surface area contributed by atoms with Gasteiger partial charge in [0.05, 0.1) is 11.9 Å². The minimum Gasteiger partial charge on any atom is -0.382 e. The standard InChI is InChI=1S/C15H25ClN4O/c1-12(2)11-20-15(21)14(16)13(10-18-20)17-6-5-9-19-7-3-4-8-19/h10,12,17H,3-9,11H2,1-2H3. The molecule has 1 aromatic rings. The first-order valence-electron chi connectivity index (χ1n) is 7.80. The fourth-order valence-corrected chi connectivity index (χ4v) is 2.81. The van der Waals surface area contributed by atoms with Crippen molar-refractivity contribution in [3.8, 4) is 0 Å². The van der Waals surface area contributed by atoms with Crippen molar-refractivity contribution >= 4 is 17.3 Å². The summed E-state index contributed by atoms with van der Waals surface area (Å²) in [5.74, 6) is 0.366. The second-order valence-electron chi connectivity index (χ2n) is 6.08.